The van der Waals surface area contributed by atoms with Crippen LogP contribution < -0.4 is 5.73 Å². The molecule has 16 heavy (non-hydrogen) atoms. The first-order valence-corrected chi connectivity index (χ1v) is 5.77. The number of rotatable bonds is 2. The summed E-state index contributed by atoms with van der Waals surface area (Å²) in [6.07, 6.45) is 2.79. The third-order valence-electron chi connectivity index (χ3n) is 2.68. The number of nitrogens with two attached hydrogens (primary N) is 1. The minimum atomic E-state index is -0.203. The lowest BCUT2D eigenvalue weighted by atomic mass is 9.95. The molecule has 0 aliphatic rings. The van der Waals surface area contributed by atoms with Crippen LogP contribution in [0.4, 0.5) is 0 Å². The zero-order valence-electron chi connectivity index (χ0n) is 9.92. The molecular formula is C13H17ClN2. The number of hydrogen-bond acceptors (Lipinski definition) is 1. The van der Waals surface area contributed by atoms with Crippen molar-refractivity contribution in [3.05, 3.63) is 35.0 Å². The molecule has 86 valence electrons. The zero-order valence-corrected chi connectivity index (χ0v) is 10.7. The van der Waals surface area contributed by atoms with E-state index in [9.17, 15) is 0 Å². The summed E-state index contributed by atoms with van der Waals surface area (Å²) in [4.78, 5) is 0. The van der Waals surface area contributed by atoms with Crippen LogP contribution in [0, 0.1) is 0 Å². The van der Waals surface area contributed by atoms with Gasteiger partial charge in [-0.3, -0.25) is 0 Å². The van der Waals surface area contributed by atoms with E-state index in [1.807, 2.05) is 39.2 Å². The number of hydrogen-bond donors (Lipinski definition) is 1. The second-order valence-electron chi connectivity index (χ2n) is 5.07. The summed E-state index contributed by atoms with van der Waals surface area (Å²) in [5, 5.41) is 1.90. The summed E-state index contributed by atoms with van der Waals surface area (Å²) in [6, 6.07) is 6.20. The Balaban J connectivity index is 2.62. The first kappa shape index (κ1) is 11.5. The smallest absolute Gasteiger partial charge is 0.0661 e. The van der Waals surface area contributed by atoms with Gasteiger partial charge < -0.3 is 10.3 Å². The van der Waals surface area contributed by atoms with Gasteiger partial charge in [0, 0.05) is 24.2 Å². The van der Waals surface area contributed by atoms with E-state index in [0.29, 0.717) is 0 Å². The fourth-order valence-corrected chi connectivity index (χ4v) is 2.44. The maximum atomic E-state index is 6.17. The highest BCUT2D eigenvalue weighted by molar-refractivity contribution is 6.35. The summed E-state index contributed by atoms with van der Waals surface area (Å²) >= 11 is 6.17. The van der Waals surface area contributed by atoms with Crippen molar-refractivity contribution in [2.75, 3.05) is 0 Å². The minimum absolute atomic E-state index is 0.203. The number of aryl methyl sites for hydroxylation is 1. The third kappa shape index (κ3) is 2.08. The van der Waals surface area contributed by atoms with E-state index >= 15 is 0 Å². The maximum Gasteiger partial charge on any atom is 0.0661 e. The Hall–Kier alpha value is -0.990. The van der Waals surface area contributed by atoms with Crippen LogP contribution in [0.15, 0.2) is 24.4 Å². The molecule has 1 heterocycles. The normalized spacial score (nSPS) is 12.3. The molecule has 2 aromatic rings. The molecule has 2 nitrogen and oxygen atoms in total. The Bertz CT molecular complexity index is 520. The first-order valence-electron chi connectivity index (χ1n) is 5.40. The highest BCUT2D eigenvalue weighted by Gasteiger charge is 2.16. The van der Waals surface area contributed by atoms with E-state index in [2.05, 4.69) is 10.6 Å². The minimum Gasteiger partial charge on any atom is -0.349 e. The molecule has 0 aliphatic heterocycles. The van der Waals surface area contributed by atoms with E-state index in [0.717, 1.165) is 16.8 Å². The van der Waals surface area contributed by atoms with Gasteiger partial charge in [-0.1, -0.05) is 29.8 Å². The molecule has 0 unspecified atom stereocenters. The summed E-state index contributed by atoms with van der Waals surface area (Å²) < 4.78 is 2.07. The molecule has 0 fully saturated rings. The molecule has 0 saturated heterocycles. The lowest BCUT2D eigenvalue weighted by Gasteiger charge is -2.19. The molecule has 0 atom stereocenters. The fourth-order valence-electron chi connectivity index (χ4n) is 2.14. The highest BCUT2D eigenvalue weighted by atomic mass is 35.5. The van der Waals surface area contributed by atoms with Crippen molar-refractivity contribution < 1.29 is 0 Å². The summed E-state index contributed by atoms with van der Waals surface area (Å²) in [6.45, 7) is 4.08. The maximum absolute atomic E-state index is 6.17. The lowest BCUT2D eigenvalue weighted by molar-refractivity contribution is 0.517. The Labute approximate surface area is 101 Å². The van der Waals surface area contributed by atoms with Crippen LogP contribution in [0.3, 0.4) is 0 Å². The second-order valence-corrected chi connectivity index (χ2v) is 5.47. The van der Waals surface area contributed by atoms with Gasteiger partial charge in [-0.05, 0) is 25.8 Å². The largest absolute Gasteiger partial charge is 0.349 e. The molecule has 0 saturated carbocycles. The summed E-state index contributed by atoms with van der Waals surface area (Å²) in [5.41, 5.74) is 8.31. The molecule has 1 aromatic carbocycles. The monoisotopic (exact) mass is 236 g/mol. The number of benzene rings is 1. The number of fused-ring (bicyclic) bond motifs is 1. The molecule has 0 amide bonds. The van der Waals surface area contributed by atoms with Crippen LogP contribution in [-0.4, -0.2) is 10.1 Å². The van der Waals surface area contributed by atoms with Gasteiger partial charge in [-0.2, -0.15) is 0 Å². The number of para-hydroxylation sites is 1. The van der Waals surface area contributed by atoms with Crippen molar-refractivity contribution in [2.45, 2.75) is 25.8 Å². The number of aromatic nitrogens is 1. The Morgan fingerprint density at radius 3 is 2.69 bits per heavy atom. The average Bonchev–Trinajstić information content (AvgIpc) is 2.41. The number of nitrogens with zero attached hydrogens (tertiary/aromatic N) is 1. The second kappa shape index (κ2) is 3.79. The van der Waals surface area contributed by atoms with Crippen molar-refractivity contribution >= 4 is 22.5 Å². The van der Waals surface area contributed by atoms with Gasteiger partial charge in [0.2, 0.25) is 0 Å². The molecule has 1 aromatic heterocycles. The SMILES string of the molecule is Cn1cc(Cl)c2cccc(CC(C)(C)N)c21. The van der Waals surface area contributed by atoms with Crippen LogP contribution in [0.5, 0.6) is 0 Å². The van der Waals surface area contributed by atoms with Crippen LogP contribution in [0.1, 0.15) is 19.4 Å². The fraction of sp³-hybridized carbons (Fsp3) is 0.385. The molecule has 3 heteroatoms. The summed E-state index contributed by atoms with van der Waals surface area (Å²) in [5.74, 6) is 0. The van der Waals surface area contributed by atoms with E-state index in [4.69, 9.17) is 17.3 Å². The Morgan fingerprint density at radius 2 is 2.06 bits per heavy atom. The van der Waals surface area contributed by atoms with Gasteiger partial charge in [0.1, 0.15) is 0 Å². The molecule has 2 N–H and O–H groups in total. The van der Waals surface area contributed by atoms with E-state index in [-0.39, 0.29) is 5.54 Å². The first-order chi connectivity index (χ1) is 7.38. The average molecular weight is 237 g/mol. The lowest BCUT2D eigenvalue weighted by Crippen LogP contribution is -2.34. The Kier molecular flexibility index (Phi) is 2.72. The quantitative estimate of drug-likeness (QED) is 0.854. The van der Waals surface area contributed by atoms with Crippen molar-refractivity contribution in [1.29, 1.82) is 0 Å². The van der Waals surface area contributed by atoms with Crippen LogP contribution in [0.2, 0.25) is 5.02 Å². The molecule has 0 bridgehead atoms. The van der Waals surface area contributed by atoms with Crippen molar-refractivity contribution in [3.8, 4) is 0 Å². The Morgan fingerprint density at radius 1 is 1.38 bits per heavy atom. The molecule has 0 radical (unpaired) electrons. The summed E-state index contributed by atoms with van der Waals surface area (Å²) in [7, 11) is 2.02. The molecular weight excluding hydrogens is 220 g/mol. The van der Waals surface area contributed by atoms with Crippen molar-refractivity contribution in [2.24, 2.45) is 12.8 Å². The molecule has 0 spiro atoms. The number of halogens is 1. The van der Waals surface area contributed by atoms with Gasteiger partial charge in [-0.25, -0.2) is 0 Å². The highest BCUT2D eigenvalue weighted by Crippen LogP contribution is 2.29. The van der Waals surface area contributed by atoms with Crippen LogP contribution >= 0.6 is 11.6 Å². The van der Waals surface area contributed by atoms with Crippen LogP contribution in [0.25, 0.3) is 10.9 Å². The predicted molar refractivity (Wildman–Crippen MR) is 69.9 cm³/mol. The predicted octanol–water partition coefficient (Wildman–Crippen LogP) is 3.11. The zero-order chi connectivity index (χ0) is 11.9. The van der Waals surface area contributed by atoms with E-state index < -0.39 is 0 Å². The molecule has 2 rings (SSSR count). The van der Waals surface area contributed by atoms with Crippen molar-refractivity contribution in [1.82, 2.24) is 4.57 Å². The van der Waals surface area contributed by atoms with E-state index in [1.54, 1.807) is 0 Å². The van der Waals surface area contributed by atoms with Gasteiger partial charge in [-0.15, -0.1) is 0 Å². The third-order valence-corrected chi connectivity index (χ3v) is 2.98. The standard InChI is InChI=1S/C13H17ClN2/c1-13(2,15)7-9-5-4-6-10-11(14)8-16(3)12(9)10/h4-6,8H,7,15H2,1-3H3. The van der Waals surface area contributed by atoms with Gasteiger partial charge in [0.15, 0.2) is 0 Å². The topological polar surface area (TPSA) is 30.9 Å². The van der Waals surface area contributed by atoms with Crippen LogP contribution in [-0.2, 0) is 13.5 Å². The van der Waals surface area contributed by atoms with Crippen molar-refractivity contribution in [3.63, 3.8) is 0 Å². The van der Waals surface area contributed by atoms with Gasteiger partial charge >= 0.3 is 0 Å². The van der Waals surface area contributed by atoms with Gasteiger partial charge in [0.25, 0.3) is 0 Å². The van der Waals surface area contributed by atoms with E-state index in [1.165, 1.54) is 11.1 Å². The molecule has 0 aliphatic carbocycles. The van der Waals surface area contributed by atoms with Gasteiger partial charge in [0.05, 0.1) is 10.5 Å².